The molecule has 0 unspecified atom stereocenters. The maximum Gasteiger partial charge on any atom is 0.257 e. The van der Waals surface area contributed by atoms with Crippen LogP contribution in [-0.4, -0.2) is 18.0 Å². The molecule has 1 amide bonds. The van der Waals surface area contributed by atoms with E-state index in [0.29, 0.717) is 28.4 Å². The predicted octanol–water partition coefficient (Wildman–Crippen LogP) is 3.30. The molecular formula is C15H16BrN3O2. The maximum atomic E-state index is 12.4. The summed E-state index contributed by atoms with van der Waals surface area (Å²) in [6.45, 7) is 3.66. The Labute approximate surface area is 131 Å². The lowest BCUT2D eigenvalue weighted by Crippen LogP contribution is -2.16. The number of methoxy groups -OCH3 is 1. The van der Waals surface area contributed by atoms with Crippen molar-refractivity contribution >= 4 is 33.2 Å². The number of hydrogen-bond acceptors (Lipinski definition) is 4. The van der Waals surface area contributed by atoms with Gasteiger partial charge in [-0.15, -0.1) is 0 Å². The zero-order valence-corrected chi connectivity index (χ0v) is 13.6. The number of benzene rings is 1. The highest BCUT2D eigenvalue weighted by Crippen LogP contribution is 2.32. The SMILES string of the molecule is COc1cc(Br)cc(C)c1NC(=O)c1cc(N)cnc1C. The molecule has 0 saturated heterocycles. The van der Waals surface area contributed by atoms with Crippen LogP contribution in [0.15, 0.2) is 28.9 Å². The molecule has 2 rings (SSSR count). The summed E-state index contributed by atoms with van der Waals surface area (Å²) in [5.74, 6) is 0.320. The molecule has 2 aromatic rings. The second kappa shape index (κ2) is 6.13. The molecule has 6 heteroatoms. The molecule has 1 aromatic carbocycles. The Bertz CT molecular complexity index is 702. The van der Waals surface area contributed by atoms with Crippen LogP contribution in [0.4, 0.5) is 11.4 Å². The van der Waals surface area contributed by atoms with E-state index in [0.717, 1.165) is 10.0 Å². The van der Waals surface area contributed by atoms with Gasteiger partial charge in [-0.05, 0) is 37.6 Å². The van der Waals surface area contributed by atoms with Crippen molar-refractivity contribution in [3.8, 4) is 5.75 Å². The number of rotatable bonds is 3. The second-order valence-corrected chi connectivity index (χ2v) is 5.57. The number of pyridine rings is 1. The fraction of sp³-hybridized carbons (Fsp3) is 0.200. The average Bonchev–Trinajstić information content (AvgIpc) is 2.43. The summed E-state index contributed by atoms with van der Waals surface area (Å²) in [4.78, 5) is 16.5. The highest BCUT2D eigenvalue weighted by molar-refractivity contribution is 9.10. The van der Waals surface area contributed by atoms with E-state index in [1.807, 2.05) is 13.0 Å². The number of amides is 1. The number of anilines is 2. The standard InChI is InChI=1S/C15H16BrN3O2/c1-8-4-10(16)5-13(21-3)14(8)19-15(20)12-6-11(17)7-18-9(12)2/h4-7H,17H2,1-3H3,(H,19,20). The Kier molecular flexibility index (Phi) is 4.47. The first-order valence-electron chi connectivity index (χ1n) is 6.30. The summed E-state index contributed by atoms with van der Waals surface area (Å²) in [6, 6.07) is 5.31. The number of halogens is 1. The Morgan fingerprint density at radius 3 is 2.71 bits per heavy atom. The van der Waals surface area contributed by atoms with Gasteiger partial charge in [-0.3, -0.25) is 9.78 Å². The number of aromatic nitrogens is 1. The lowest BCUT2D eigenvalue weighted by Gasteiger charge is -2.14. The molecule has 0 aliphatic carbocycles. The number of carbonyl (C=O) groups is 1. The van der Waals surface area contributed by atoms with Gasteiger partial charge in [0.2, 0.25) is 0 Å². The average molecular weight is 350 g/mol. The third-order valence-corrected chi connectivity index (χ3v) is 3.53. The van der Waals surface area contributed by atoms with E-state index in [2.05, 4.69) is 26.2 Å². The molecule has 1 heterocycles. The third-order valence-electron chi connectivity index (χ3n) is 3.08. The van der Waals surface area contributed by atoms with Crippen LogP contribution in [-0.2, 0) is 0 Å². The quantitative estimate of drug-likeness (QED) is 0.890. The highest BCUT2D eigenvalue weighted by atomic mass is 79.9. The summed E-state index contributed by atoms with van der Waals surface area (Å²) < 4.78 is 6.20. The minimum absolute atomic E-state index is 0.268. The number of nitrogens with zero attached hydrogens (tertiary/aromatic N) is 1. The molecule has 0 atom stereocenters. The largest absolute Gasteiger partial charge is 0.495 e. The monoisotopic (exact) mass is 349 g/mol. The molecule has 0 saturated carbocycles. The number of nitrogens with two attached hydrogens (primary N) is 1. The zero-order chi connectivity index (χ0) is 15.6. The first-order chi connectivity index (χ1) is 9.92. The van der Waals surface area contributed by atoms with Crippen molar-refractivity contribution in [2.75, 3.05) is 18.2 Å². The minimum Gasteiger partial charge on any atom is -0.495 e. The Morgan fingerprint density at radius 1 is 1.33 bits per heavy atom. The van der Waals surface area contributed by atoms with Gasteiger partial charge in [-0.25, -0.2) is 0 Å². The zero-order valence-electron chi connectivity index (χ0n) is 12.0. The third kappa shape index (κ3) is 3.33. The molecule has 0 fully saturated rings. The van der Waals surface area contributed by atoms with Crippen LogP contribution in [0.25, 0.3) is 0 Å². The molecule has 3 N–H and O–H groups in total. The van der Waals surface area contributed by atoms with Crippen LogP contribution < -0.4 is 15.8 Å². The smallest absolute Gasteiger partial charge is 0.257 e. The first-order valence-corrected chi connectivity index (χ1v) is 7.09. The van der Waals surface area contributed by atoms with Crippen LogP contribution in [0.5, 0.6) is 5.75 Å². The molecule has 110 valence electrons. The molecule has 21 heavy (non-hydrogen) atoms. The fourth-order valence-electron chi connectivity index (χ4n) is 1.99. The van der Waals surface area contributed by atoms with Gasteiger partial charge in [0.15, 0.2) is 0 Å². The molecule has 5 nitrogen and oxygen atoms in total. The van der Waals surface area contributed by atoms with Crippen LogP contribution >= 0.6 is 15.9 Å². The number of hydrogen-bond donors (Lipinski definition) is 2. The van der Waals surface area contributed by atoms with Crippen LogP contribution in [0.2, 0.25) is 0 Å². The van der Waals surface area contributed by atoms with Gasteiger partial charge in [0, 0.05) is 4.47 Å². The first kappa shape index (κ1) is 15.3. The van der Waals surface area contributed by atoms with Crippen molar-refractivity contribution in [1.82, 2.24) is 4.98 Å². The molecule has 0 radical (unpaired) electrons. The second-order valence-electron chi connectivity index (χ2n) is 4.66. The number of nitrogen functional groups attached to an aromatic ring is 1. The van der Waals surface area contributed by atoms with Crippen molar-refractivity contribution in [2.45, 2.75) is 13.8 Å². The van der Waals surface area contributed by atoms with Gasteiger partial charge in [-0.1, -0.05) is 15.9 Å². The summed E-state index contributed by atoms with van der Waals surface area (Å²) in [5.41, 5.74) is 8.73. The number of aryl methyl sites for hydroxylation is 2. The van der Waals surface area contributed by atoms with Crippen molar-refractivity contribution in [3.63, 3.8) is 0 Å². The van der Waals surface area contributed by atoms with Gasteiger partial charge in [0.05, 0.1) is 35.9 Å². The lowest BCUT2D eigenvalue weighted by atomic mass is 10.1. The topological polar surface area (TPSA) is 77.2 Å². The van der Waals surface area contributed by atoms with Crippen LogP contribution in [0.1, 0.15) is 21.6 Å². The Hall–Kier alpha value is -2.08. The molecule has 0 aliphatic rings. The predicted molar refractivity (Wildman–Crippen MR) is 86.8 cm³/mol. The van der Waals surface area contributed by atoms with Crippen molar-refractivity contribution in [3.05, 3.63) is 45.7 Å². The van der Waals surface area contributed by atoms with E-state index in [1.54, 1.807) is 26.2 Å². The van der Waals surface area contributed by atoms with Crippen molar-refractivity contribution < 1.29 is 9.53 Å². The van der Waals surface area contributed by atoms with Crippen molar-refractivity contribution in [1.29, 1.82) is 0 Å². The van der Waals surface area contributed by atoms with E-state index in [9.17, 15) is 4.79 Å². The van der Waals surface area contributed by atoms with Crippen LogP contribution in [0.3, 0.4) is 0 Å². The summed E-state index contributed by atoms with van der Waals surface area (Å²) >= 11 is 3.40. The summed E-state index contributed by atoms with van der Waals surface area (Å²) in [5, 5.41) is 2.86. The maximum absolute atomic E-state index is 12.4. The normalized spacial score (nSPS) is 10.3. The molecule has 0 spiro atoms. The molecule has 0 bridgehead atoms. The van der Waals surface area contributed by atoms with Gasteiger partial charge in [0.1, 0.15) is 5.75 Å². The highest BCUT2D eigenvalue weighted by Gasteiger charge is 2.15. The Balaban J connectivity index is 2.38. The summed E-state index contributed by atoms with van der Waals surface area (Å²) in [6.07, 6.45) is 1.53. The minimum atomic E-state index is -0.268. The van der Waals surface area contributed by atoms with Crippen molar-refractivity contribution in [2.24, 2.45) is 0 Å². The van der Waals surface area contributed by atoms with Gasteiger partial charge in [-0.2, -0.15) is 0 Å². The number of ether oxygens (including phenoxy) is 1. The summed E-state index contributed by atoms with van der Waals surface area (Å²) in [7, 11) is 1.56. The number of nitrogens with one attached hydrogen (secondary N) is 1. The molecule has 0 aliphatic heterocycles. The van der Waals surface area contributed by atoms with E-state index in [-0.39, 0.29) is 5.91 Å². The number of carbonyl (C=O) groups excluding carboxylic acids is 1. The molecular weight excluding hydrogens is 334 g/mol. The van der Waals surface area contributed by atoms with Gasteiger partial charge in [0.25, 0.3) is 5.91 Å². The van der Waals surface area contributed by atoms with E-state index in [4.69, 9.17) is 10.5 Å². The lowest BCUT2D eigenvalue weighted by molar-refractivity contribution is 0.102. The van der Waals surface area contributed by atoms with Gasteiger partial charge < -0.3 is 15.8 Å². The van der Waals surface area contributed by atoms with E-state index < -0.39 is 0 Å². The van der Waals surface area contributed by atoms with Crippen LogP contribution in [0, 0.1) is 13.8 Å². The fourth-order valence-corrected chi connectivity index (χ4v) is 2.54. The van der Waals surface area contributed by atoms with E-state index in [1.165, 1.54) is 6.20 Å². The van der Waals surface area contributed by atoms with Gasteiger partial charge >= 0.3 is 0 Å². The Morgan fingerprint density at radius 2 is 2.05 bits per heavy atom. The molecule has 1 aromatic heterocycles. The van der Waals surface area contributed by atoms with E-state index >= 15 is 0 Å².